The van der Waals surface area contributed by atoms with Crippen molar-refractivity contribution in [3.05, 3.63) is 54.1 Å². The third-order valence-electron chi connectivity index (χ3n) is 3.15. The first-order valence-electron chi connectivity index (χ1n) is 7.45. The first-order chi connectivity index (χ1) is 11.6. The van der Waals surface area contributed by atoms with Crippen LogP contribution in [0.2, 0.25) is 0 Å². The van der Waals surface area contributed by atoms with E-state index < -0.39 is 0 Å². The van der Waals surface area contributed by atoms with Gasteiger partial charge in [-0.2, -0.15) is 0 Å². The molecular weight excluding hydrogens is 324 g/mol. The number of nitrogens with one attached hydrogen (secondary N) is 2. The molecule has 24 heavy (non-hydrogen) atoms. The Labute approximate surface area is 145 Å². The molecule has 2 rings (SSSR count). The average molecular weight is 344 g/mol. The predicted molar refractivity (Wildman–Crippen MR) is 98.8 cm³/mol. The van der Waals surface area contributed by atoms with E-state index >= 15 is 0 Å². The largest absolute Gasteiger partial charge is 0.495 e. The van der Waals surface area contributed by atoms with Gasteiger partial charge in [0.05, 0.1) is 24.3 Å². The van der Waals surface area contributed by atoms with Gasteiger partial charge in [0.2, 0.25) is 11.8 Å². The molecule has 0 unspecified atom stereocenters. The number of amides is 2. The molecule has 2 N–H and O–H groups in total. The zero-order valence-corrected chi connectivity index (χ0v) is 14.5. The van der Waals surface area contributed by atoms with E-state index in [1.807, 2.05) is 55.5 Å². The third-order valence-corrected chi connectivity index (χ3v) is 4.09. The van der Waals surface area contributed by atoms with Crippen molar-refractivity contribution in [3.63, 3.8) is 0 Å². The molecule has 0 radical (unpaired) electrons. The van der Waals surface area contributed by atoms with Gasteiger partial charge in [0.1, 0.15) is 5.75 Å². The van der Waals surface area contributed by atoms with Crippen LogP contribution in [0.5, 0.6) is 5.75 Å². The van der Waals surface area contributed by atoms with E-state index in [9.17, 15) is 9.59 Å². The van der Waals surface area contributed by atoms with Gasteiger partial charge in [-0.15, -0.1) is 11.8 Å². The summed E-state index contributed by atoms with van der Waals surface area (Å²) >= 11 is 1.26. The molecule has 2 amide bonds. The van der Waals surface area contributed by atoms with Crippen molar-refractivity contribution < 1.29 is 14.3 Å². The van der Waals surface area contributed by atoms with Gasteiger partial charge >= 0.3 is 0 Å². The van der Waals surface area contributed by atoms with Crippen molar-refractivity contribution in [1.82, 2.24) is 0 Å². The van der Waals surface area contributed by atoms with Gasteiger partial charge in [0, 0.05) is 5.69 Å². The number of hydrogen-bond acceptors (Lipinski definition) is 4. The number of methoxy groups -OCH3 is 1. The van der Waals surface area contributed by atoms with Crippen molar-refractivity contribution in [1.29, 1.82) is 0 Å². The van der Waals surface area contributed by atoms with Crippen LogP contribution < -0.4 is 15.4 Å². The van der Waals surface area contributed by atoms with Crippen molar-refractivity contribution in [2.45, 2.75) is 6.92 Å². The van der Waals surface area contributed by atoms with Crippen LogP contribution in [-0.4, -0.2) is 30.4 Å². The number of anilines is 2. The van der Waals surface area contributed by atoms with E-state index in [1.165, 1.54) is 11.8 Å². The SMILES string of the molecule is COc1ccc(C)cc1NC(=O)CSCC(=O)Nc1ccccc1. The number of para-hydroxylation sites is 1. The van der Waals surface area contributed by atoms with Crippen molar-refractivity contribution in [3.8, 4) is 5.75 Å². The number of carbonyl (C=O) groups is 2. The van der Waals surface area contributed by atoms with Gasteiger partial charge in [0.15, 0.2) is 0 Å². The summed E-state index contributed by atoms with van der Waals surface area (Å²) in [5.74, 6) is 0.719. The summed E-state index contributed by atoms with van der Waals surface area (Å²) in [7, 11) is 1.56. The van der Waals surface area contributed by atoms with Crippen LogP contribution in [0.15, 0.2) is 48.5 Å². The molecule has 0 fully saturated rings. The second-order valence-electron chi connectivity index (χ2n) is 5.16. The van der Waals surface area contributed by atoms with Crippen molar-refractivity contribution >= 4 is 35.0 Å². The van der Waals surface area contributed by atoms with Gasteiger partial charge in [-0.05, 0) is 36.8 Å². The zero-order chi connectivity index (χ0) is 17.4. The highest BCUT2D eigenvalue weighted by atomic mass is 32.2. The fourth-order valence-corrected chi connectivity index (χ4v) is 2.68. The number of thioether (sulfide) groups is 1. The van der Waals surface area contributed by atoms with Gasteiger partial charge < -0.3 is 15.4 Å². The van der Waals surface area contributed by atoms with Crippen LogP contribution in [0, 0.1) is 6.92 Å². The maximum atomic E-state index is 12.0. The topological polar surface area (TPSA) is 67.4 Å². The molecule has 0 saturated heterocycles. The number of hydrogen-bond donors (Lipinski definition) is 2. The molecule has 0 atom stereocenters. The highest BCUT2D eigenvalue weighted by Crippen LogP contribution is 2.25. The molecule has 0 aliphatic rings. The molecule has 0 spiro atoms. The number of benzene rings is 2. The molecule has 0 aliphatic carbocycles. The molecule has 6 heteroatoms. The first-order valence-corrected chi connectivity index (χ1v) is 8.61. The molecule has 0 saturated carbocycles. The maximum absolute atomic E-state index is 12.0. The van der Waals surface area contributed by atoms with Crippen LogP contribution in [0.3, 0.4) is 0 Å². The molecule has 2 aromatic carbocycles. The highest BCUT2D eigenvalue weighted by molar-refractivity contribution is 8.00. The number of ether oxygens (including phenoxy) is 1. The van der Waals surface area contributed by atoms with Gasteiger partial charge in [-0.25, -0.2) is 0 Å². The number of rotatable bonds is 7. The van der Waals surface area contributed by atoms with Gasteiger partial charge in [-0.1, -0.05) is 24.3 Å². The fraction of sp³-hybridized carbons (Fsp3) is 0.222. The Morgan fingerprint density at radius 1 is 1.00 bits per heavy atom. The van der Waals surface area contributed by atoms with E-state index in [0.717, 1.165) is 11.3 Å². The summed E-state index contributed by atoms with van der Waals surface area (Å²) in [6.07, 6.45) is 0. The molecule has 5 nitrogen and oxygen atoms in total. The minimum atomic E-state index is -0.170. The van der Waals surface area contributed by atoms with Crippen LogP contribution in [0.1, 0.15) is 5.56 Å². The normalized spacial score (nSPS) is 10.1. The van der Waals surface area contributed by atoms with E-state index in [4.69, 9.17) is 4.74 Å². The summed E-state index contributed by atoms with van der Waals surface area (Å²) in [5.41, 5.74) is 2.41. The van der Waals surface area contributed by atoms with E-state index in [-0.39, 0.29) is 23.3 Å². The molecule has 0 bridgehead atoms. The van der Waals surface area contributed by atoms with Crippen LogP contribution >= 0.6 is 11.8 Å². The quantitative estimate of drug-likeness (QED) is 0.809. The lowest BCUT2D eigenvalue weighted by atomic mass is 10.2. The second-order valence-corrected chi connectivity index (χ2v) is 6.14. The molecular formula is C18H20N2O3S. The second kappa shape index (κ2) is 8.98. The lowest BCUT2D eigenvalue weighted by Gasteiger charge is -2.11. The number of aryl methyl sites for hydroxylation is 1. The fourth-order valence-electron chi connectivity index (χ4n) is 2.06. The Morgan fingerprint density at radius 2 is 1.67 bits per heavy atom. The smallest absolute Gasteiger partial charge is 0.234 e. The summed E-state index contributed by atoms with van der Waals surface area (Å²) in [6, 6.07) is 14.8. The number of carbonyl (C=O) groups excluding carboxylic acids is 2. The molecule has 0 aromatic heterocycles. The molecule has 2 aromatic rings. The average Bonchev–Trinajstić information content (AvgIpc) is 2.56. The third kappa shape index (κ3) is 5.62. The first kappa shape index (κ1) is 17.9. The monoisotopic (exact) mass is 344 g/mol. The van der Waals surface area contributed by atoms with Gasteiger partial charge in [0.25, 0.3) is 0 Å². The van der Waals surface area contributed by atoms with Crippen LogP contribution in [-0.2, 0) is 9.59 Å². The Bertz CT molecular complexity index is 705. The Balaban J connectivity index is 1.77. The Kier molecular flexibility index (Phi) is 6.69. The molecule has 126 valence electrons. The molecule has 0 aliphatic heterocycles. The summed E-state index contributed by atoms with van der Waals surface area (Å²) in [5, 5.41) is 5.59. The Hall–Kier alpha value is -2.47. The van der Waals surface area contributed by atoms with E-state index in [0.29, 0.717) is 11.4 Å². The minimum absolute atomic E-state index is 0.132. The van der Waals surface area contributed by atoms with Crippen molar-refractivity contribution in [2.24, 2.45) is 0 Å². The van der Waals surface area contributed by atoms with Crippen LogP contribution in [0.25, 0.3) is 0 Å². The van der Waals surface area contributed by atoms with Crippen LogP contribution in [0.4, 0.5) is 11.4 Å². The highest BCUT2D eigenvalue weighted by Gasteiger charge is 2.09. The standard InChI is InChI=1S/C18H20N2O3S/c1-13-8-9-16(23-2)15(10-13)20-18(22)12-24-11-17(21)19-14-6-4-3-5-7-14/h3-10H,11-12H2,1-2H3,(H,19,21)(H,20,22). The lowest BCUT2D eigenvalue weighted by molar-refractivity contribution is -0.114. The predicted octanol–water partition coefficient (Wildman–Crippen LogP) is 3.31. The maximum Gasteiger partial charge on any atom is 0.234 e. The summed E-state index contributed by atoms with van der Waals surface area (Å²) in [6.45, 7) is 1.94. The zero-order valence-electron chi connectivity index (χ0n) is 13.7. The summed E-state index contributed by atoms with van der Waals surface area (Å²) in [4.78, 5) is 23.8. The van der Waals surface area contributed by atoms with Crippen molar-refractivity contribution in [2.75, 3.05) is 29.2 Å². The lowest BCUT2D eigenvalue weighted by Crippen LogP contribution is -2.18. The summed E-state index contributed by atoms with van der Waals surface area (Å²) < 4.78 is 5.22. The van der Waals surface area contributed by atoms with Gasteiger partial charge in [-0.3, -0.25) is 9.59 Å². The van der Waals surface area contributed by atoms with E-state index in [1.54, 1.807) is 7.11 Å². The Morgan fingerprint density at radius 3 is 2.33 bits per heavy atom. The van der Waals surface area contributed by atoms with E-state index in [2.05, 4.69) is 10.6 Å². The minimum Gasteiger partial charge on any atom is -0.495 e. The molecule has 0 heterocycles.